The maximum absolute atomic E-state index is 15.0. The maximum atomic E-state index is 15.0. The summed E-state index contributed by atoms with van der Waals surface area (Å²) >= 11 is 0. The Morgan fingerprint density at radius 3 is 2.88 bits per heavy atom. The van der Waals surface area contributed by atoms with E-state index in [0.29, 0.717) is 41.1 Å². The molecule has 1 aromatic rings. The molecule has 34 heavy (non-hydrogen) atoms. The number of methoxy groups -OCH3 is 2. The molecule has 1 saturated carbocycles. The summed E-state index contributed by atoms with van der Waals surface area (Å²) in [4.78, 5) is 11.2. The third kappa shape index (κ3) is 4.27. The quantitative estimate of drug-likeness (QED) is 0.506. The van der Waals surface area contributed by atoms with E-state index in [9.17, 15) is 4.39 Å². The lowest BCUT2D eigenvalue weighted by atomic mass is 9.93. The van der Waals surface area contributed by atoms with Gasteiger partial charge in [0.15, 0.2) is 11.7 Å². The molecule has 0 radical (unpaired) electrons. The van der Waals surface area contributed by atoms with Crippen molar-refractivity contribution in [3.05, 3.63) is 77.1 Å². The number of benzene rings is 1. The van der Waals surface area contributed by atoms with Crippen molar-refractivity contribution in [1.29, 1.82) is 5.41 Å². The third-order valence-electron chi connectivity index (χ3n) is 6.28. The summed E-state index contributed by atoms with van der Waals surface area (Å²) in [6.07, 6.45) is 13.7. The van der Waals surface area contributed by atoms with Gasteiger partial charge in [-0.15, -0.1) is 0 Å². The summed E-state index contributed by atoms with van der Waals surface area (Å²) in [5.41, 5.74) is 3.53. The number of nitrogens with one attached hydrogen (secondary N) is 2. The summed E-state index contributed by atoms with van der Waals surface area (Å²) in [5, 5.41) is 11.9. The van der Waals surface area contributed by atoms with Gasteiger partial charge in [-0.25, -0.2) is 4.39 Å². The molecule has 3 heterocycles. The number of fused-ring (bicyclic) bond motifs is 1. The van der Waals surface area contributed by atoms with Crippen molar-refractivity contribution in [2.24, 2.45) is 15.9 Å². The molecule has 2 N–H and O–H groups in total. The minimum absolute atomic E-state index is 0.106. The van der Waals surface area contributed by atoms with Gasteiger partial charge in [-0.1, -0.05) is 12.2 Å². The summed E-state index contributed by atoms with van der Waals surface area (Å²) in [5.74, 6) is 1.18. The lowest BCUT2D eigenvalue weighted by Crippen LogP contribution is -2.35. The molecular weight excluding hydrogens is 433 g/mol. The van der Waals surface area contributed by atoms with E-state index in [-0.39, 0.29) is 17.8 Å². The summed E-state index contributed by atoms with van der Waals surface area (Å²) in [7, 11) is 3.13. The normalized spacial score (nSPS) is 22.0. The first-order valence-corrected chi connectivity index (χ1v) is 11.5. The van der Waals surface area contributed by atoms with Gasteiger partial charge in [-0.3, -0.25) is 10.4 Å². The molecule has 0 amide bonds. The van der Waals surface area contributed by atoms with Crippen LogP contribution in [0.4, 0.5) is 4.39 Å². The van der Waals surface area contributed by atoms with Crippen LogP contribution >= 0.6 is 0 Å². The molecule has 1 fully saturated rings. The summed E-state index contributed by atoms with van der Waals surface area (Å²) < 4.78 is 25.6. The fraction of sp³-hybridized carbons (Fsp3) is 0.346. The number of allylic oxidation sites excluding steroid dienone is 4. The van der Waals surface area contributed by atoms with Gasteiger partial charge < -0.3 is 19.7 Å². The van der Waals surface area contributed by atoms with Crippen molar-refractivity contribution in [1.82, 2.24) is 10.2 Å². The van der Waals surface area contributed by atoms with Gasteiger partial charge in [-0.05, 0) is 49.5 Å². The average molecular weight is 462 g/mol. The lowest BCUT2D eigenvalue weighted by Gasteiger charge is -2.28. The predicted octanol–water partition coefficient (Wildman–Crippen LogP) is 4.30. The molecule has 1 atom stereocenters. The number of nitrogens with zero attached hydrogens (tertiary/aromatic N) is 3. The van der Waals surface area contributed by atoms with Gasteiger partial charge in [0.2, 0.25) is 0 Å². The maximum Gasteiger partial charge on any atom is 0.192 e. The van der Waals surface area contributed by atoms with Gasteiger partial charge in [0.1, 0.15) is 23.4 Å². The van der Waals surface area contributed by atoms with Crippen LogP contribution in [0, 0.1) is 17.1 Å². The first kappa shape index (κ1) is 22.1. The third-order valence-corrected chi connectivity index (χ3v) is 6.28. The van der Waals surface area contributed by atoms with Crippen molar-refractivity contribution in [3.8, 4) is 5.75 Å². The van der Waals surface area contributed by atoms with Gasteiger partial charge in [0, 0.05) is 42.1 Å². The Labute approximate surface area is 198 Å². The topological polar surface area (TPSA) is 82.3 Å². The van der Waals surface area contributed by atoms with Gasteiger partial charge in [-0.2, -0.15) is 4.99 Å². The van der Waals surface area contributed by atoms with E-state index in [1.54, 1.807) is 25.4 Å². The smallest absolute Gasteiger partial charge is 0.192 e. The van der Waals surface area contributed by atoms with Crippen LogP contribution in [0.1, 0.15) is 31.2 Å². The van der Waals surface area contributed by atoms with Crippen LogP contribution in [0.5, 0.6) is 5.75 Å². The molecule has 0 aromatic heterocycles. The number of hydrogen-bond donors (Lipinski definition) is 2. The molecule has 0 bridgehead atoms. The van der Waals surface area contributed by atoms with Crippen molar-refractivity contribution in [3.63, 3.8) is 0 Å². The Hall–Kier alpha value is -3.68. The Balaban J connectivity index is 1.46. The molecule has 4 aliphatic rings. The minimum atomic E-state index is -0.365. The van der Waals surface area contributed by atoms with Crippen LogP contribution in [0.2, 0.25) is 0 Å². The van der Waals surface area contributed by atoms with Crippen LogP contribution in [-0.2, 0) is 4.74 Å². The fourth-order valence-corrected chi connectivity index (χ4v) is 4.32. The molecule has 176 valence electrons. The summed E-state index contributed by atoms with van der Waals surface area (Å²) in [6.45, 7) is 0.636. The van der Waals surface area contributed by atoms with Crippen molar-refractivity contribution in [2.45, 2.75) is 31.8 Å². The molecule has 1 aromatic carbocycles. The zero-order valence-corrected chi connectivity index (χ0v) is 19.3. The van der Waals surface area contributed by atoms with Crippen LogP contribution in [-0.4, -0.2) is 49.3 Å². The van der Waals surface area contributed by atoms with Gasteiger partial charge in [0.05, 0.1) is 19.9 Å². The number of ether oxygens (including phenoxy) is 2. The van der Waals surface area contributed by atoms with Gasteiger partial charge in [0.25, 0.3) is 0 Å². The zero-order chi connectivity index (χ0) is 23.7. The highest BCUT2D eigenvalue weighted by Gasteiger charge is 2.32. The Bertz CT molecular complexity index is 1190. The second-order valence-corrected chi connectivity index (χ2v) is 8.61. The highest BCUT2D eigenvalue weighted by Crippen LogP contribution is 2.33. The first-order valence-electron chi connectivity index (χ1n) is 11.5. The van der Waals surface area contributed by atoms with Gasteiger partial charge >= 0.3 is 0 Å². The number of hydrogen-bond acceptors (Lipinski definition) is 6. The second-order valence-electron chi connectivity index (χ2n) is 8.61. The van der Waals surface area contributed by atoms with Crippen molar-refractivity contribution >= 4 is 17.4 Å². The number of aliphatic imine (C=N–C) groups is 2. The Morgan fingerprint density at radius 2 is 2.15 bits per heavy atom. The molecule has 5 rings (SSSR count). The highest BCUT2D eigenvalue weighted by atomic mass is 19.1. The zero-order valence-electron chi connectivity index (χ0n) is 19.3. The number of rotatable bonds is 5. The monoisotopic (exact) mass is 461 g/mol. The second kappa shape index (κ2) is 9.29. The molecule has 3 aliphatic heterocycles. The molecule has 8 heteroatoms. The first-order chi connectivity index (χ1) is 16.6. The molecule has 7 nitrogen and oxygen atoms in total. The van der Waals surface area contributed by atoms with E-state index < -0.39 is 0 Å². The van der Waals surface area contributed by atoms with Crippen molar-refractivity contribution in [2.75, 3.05) is 20.8 Å². The highest BCUT2D eigenvalue weighted by molar-refractivity contribution is 6.16. The van der Waals surface area contributed by atoms with E-state index >= 15 is 0 Å². The molecule has 0 spiro atoms. The predicted molar refractivity (Wildman–Crippen MR) is 131 cm³/mol. The SMILES string of the molecule is COC(=NC(=N)C1=CNC2C=CC(C3=CCCCN=C3c3ccc(OC)cc3F)=CN12)C1CC1. The lowest BCUT2D eigenvalue weighted by molar-refractivity contribution is 0.386. The van der Waals surface area contributed by atoms with E-state index in [2.05, 4.69) is 16.4 Å². The van der Waals surface area contributed by atoms with E-state index in [4.69, 9.17) is 19.9 Å². The Kier molecular flexibility index (Phi) is 6.04. The van der Waals surface area contributed by atoms with E-state index in [1.807, 2.05) is 23.3 Å². The number of halogens is 1. The van der Waals surface area contributed by atoms with Crippen LogP contribution in [0.15, 0.2) is 75.7 Å². The van der Waals surface area contributed by atoms with Crippen LogP contribution < -0.4 is 10.1 Å². The largest absolute Gasteiger partial charge is 0.497 e. The molecular formula is C26H28FN5O2. The van der Waals surface area contributed by atoms with E-state index in [1.165, 1.54) is 13.2 Å². The van der Waals surface area contributed by atoms with E-state index in [0.717, 1.165) is 36.8 Å². The fourth-order valence-electron chi connectivity index (χ4n) is 4.32. The summed E-state index contributed by atoms with van der Waals surface area (Å²) in [6, 6.07) is 4.86. The van der Waals surface area contributed by atoms with Crippen LogP contribution in [0.3, 0.4) is 0 Å². The average Bonchev–Trinajstić information content (AvgIpc) is 3.65. The molecule has 1 unspecified atom stereocenters. The minimum Gasteiger partial charge on any atom is -0.497 e. The number of amidine groups is 1. The standard InChI is InChI=1S/C26H28FN5O2/c1-33-18-9-10-20(21(27)13-18)24-19(5-3-4-12-29-24)17-8-11-23-30-14-22(32(23)15-17)25(28)31-26(34-2)16-6-7-16/h5,8-11,13-16,23,28,30H,3-4,6-7,12H2,1-2H3. The molecule has 1 aliphatic carbocycles. The molecule has 0 saturated heterocycles. The Morgan fingerprint density at radius 1 is 1.29 bits per heavy atom. The van der Waals surface area contributed by atoms with Crippen LogP contribution in [0.25, 0.3) is 0 Å². The van der Waals surface area contributed by atoms with Crippen molar-refractivity contribution < 1.29 is 13.9 Å².